The lowest BCUT2D eigenvalue weighted by Crippen LogP contribution is -2.25. The fraction of sp³-hybridized carbons (Fsp3) is 0.605. The summed E-state index contributed by atoms with van der Waals surface area (Å²) in [6, 6.07) is 12.8. The van der Waals surface area contributed by atoms with Crippen molar-refractivity contribution in [2.45, 2.75) is 135 Å². The van der Waals surface area contributed by atoms with Crippen LogP contribution in [0.2, 0.25) is 5.02 Å². The Labute approximate surface area is 290 Å². The summed E-state index contributed by atoms with van der Waals surface area (Å²) in [4.78, 5) is 11.9. The van der Waals surface area contributed by atoms with Crippen LogP contribution in [0.4, 0.5) is 5.69 Å². The van der Waals surface area contributed by atoms with Crippen molar-refractivity contribution < 1.29 is 22.7 Å². The van der Waals surface area contributed by atoms with Gasteiger partial charge in [-0.05, 0) is 74.9 Å². The molecule has 0 saturated carbocycles. The maximum absolute atomic E-state index is 12.9. The molecule has 0 aliphatic rings. The second-order valence-corrected chi connectivity index (χ2v) is 14.3. The van der Waals surface area contributed by atoms with E-state index in [1.807, 2.05) is 19.1 Å². The molecule has 0 aliphatic carbocycles. The average Bonchev–Trinajstić information content (AvgIpc) is 3.05. The number of nitrogens with one attached hydrogen (secondary N) is 2. The highest BCUT2D eigenvalue weighted by molar-refractivity contribution is 7.89. The smallest absolute Gasteiger partial charge is 0.332 e. The van der Waals surface area contributed by atoms with Crippen molar-refractivity contribution in [3.05, 3.63) is 64.8 Å². The van der Waals surface area contributed by atoms with Gasteiger partial charge in [0.2, 0.25) is 10.0 Å². The molecule has 2 aromatic rings. The summed E-state index contributed by atoms with van der Waals surface area (Å²) in [6.45, 7) is 6.96. The number of halogens is 1. The molecule has 0 saturated heterocycles. The second-order valence-electron chi connectivity index (χ2n) is 12.1. The van der Waals surface area contributed by atoms with E-state index in [9.17, 15) is 13.2 Å². The normalized spacial score (nSPS) is 11.9. The molecule has 0 heterocycles. The Morgan fingerprint density at radius 3 is 2.11 bits per heavy atom. The summed E-state index contributed by atoms with van der Waals surface area (Å²) in [7, 11) is -3.74. The molecule has 0 amide bonds. The first-order valence-corrected chi connectivity index (χ1v) is 19.8. The van der Waals surface area contributed by atoms with Crippen LogP contribution >= 0.6 is 11.6 Å². The third kappa shape index (κ3) is 18.0. The molecule has 2 rings (SSSR count). The van der Waals surface area contributed by atoms with Crippen molar-refractivity contribution in [1.29, 1.82) is 0 Å². The number of hydrogen-bond donors (Lipinski definition) is 2. The molecule has 2 N–H and O–H groups in total. The molecule has 0 bridgehead atoms. The van der Waals surface area contributed by atoms with Gasteiger partial charge in [-0.1, -0.05) is 115 Å². The number of ether oxygens (including phenoxy) is 2. The van der Waals surface area contributed by atoms with E-state index in [-0.39, 0.29) is 11.5 Å². The molecule has 7 nitrogen and oxygen atoms in total. The molecule has 0 fully saturated rings. The zero-order valence-corrected chi connectivity index (χ0v) is 30.7. The molecule has 9 heteroatoms. The lowest BCUT2D eigenvalue weighted by molar-refractivity contribution is -0.137. The zero-order chi connectivity index (χ0) is 34.2. The van der Waals surface area contributed by atoms with Gasteiger partial charge >= 0.3 is 5.97 Å². The maximum atomic E-state index is 12.9. The minimum atomic E-state index is -3.74. The molecule has 0 aromatic heterocycles. The lowest BCUT2D eigenvalue weighted by atomic mass is 10.0. The number of rotatable bonds is 27. The molecule has 0 unspecified atom stereocenters. The summed E-state index contributed by atoms with van der Waals surface area (Å²) in [5.41, 5.74) is 2.27. The van der Waals surface area contributed by atoms with E-state index in [0.29, 0.717) is 42.4 Å². The van der Waals surface area contributed by atoms with E-state index >= 15 is 0 Å². The number of carbonyl (C=O) groups is 1. The van der Waals surface area contributed by atoms with Crippen LogP contribution in [0, 0.1) is 0 Å². The summed E-state index contributed by atoms with van der Waals surface area (Å²) in [6.07, 6.45) is 22.0. The molecule has 264 valence electrons. The average molecular weight is 691 g/mol. The van der Waals surface area contributed by atoms with Crippen LogP contribution in [0.1, 0.15) is 129 Å². The van der Waals surface area contributed by atoms with Crippen molar-refractivity contribution in [2.75, 3.05) is 25.1 Å². The van der Waals surface area contributed by atoms with Gasteiger partial charge < -0.3 is 14.8 Å². The monoisotopic (exact) mass is 690 g/mol. The Balaban J connectivity index is 1.64. The van der Waals surface area contributed by atoms with E-state index in [1.54, 1.807) is 6.92 Å². The van der Waals surface area contributed by atoms with Crippen LogP contribution < -0.4 is 14.8 Å². The van der Waals surface area contributed by atoms with Crippen molar-refractivity contribution in [1.82, 2.24) is 4.72 Å². The van der Waals surface area contributed by atoms with Crippen molar-refractivity contribution >= 4 is 33.3 Å². The standard InChI is InChI=1S/C38H59ClN2O5S/c1-4-7-8-9-10-11-12-13-14-15-16-17-18-22-32-23-21-24-34(29-32)46-28-20-19-27-40-47(43,44)35-25-26-36(39)37(31-35)41-33(5-2)30-38(42)45-6-3/h21,23-26,29-31,40-41H,4-20,22,27-28H2,1-3H3. The Bertz CT molecular complexity index is 1300. The number of allylic oxidation sites excluding steroid dienone is 1. The van der Waals surface area contributed by atoms with E-state index in [4.69, 9.17) is 21.1 Å². The predicted octanol–water partition coefficient (Wildman–Crippen LogP) is 10.4. The highest BCUT2D eigenvalue weighted by Gasteiger charge is 2.16. The number of benzene rings is 2. The first-order valence-electron chi connectivity index (χ1n) is 17.9. The molecular formula is C38H59ClN2O5S. The minimum absolute atomic E-state index is 0.0903. The van der Waals surface area contributed by atoms with Gasteiger partial charge in [0, 0.05) is 18.3 Å². The number of carbonyl (C=O) groups excluding carboxylic acids is 1. The highest BCUT2D eigenvalue weighted by atomic mass is 35.5. The largest absolute Gasteiger partial charge is 0.494 e. The van der Waals surface area contributed by atoms with Crippen LogP contribution in [0.25, 0.3) is 0 Å². The number of anilines is 1. The summed E-state index contributed by atoms with van der Waals surface area (Å²) < 4.78 is 39.5. The fourth-order valence-electron chi connectivity index (χ4n) is 5.34. The number of unbranched alkanes of at least 4 members (excludes halogenated alkanes) is 13. The quantitative estimate of drug-likeness (QED) is 0.0550. The van der Waals surface area contributed by atoms with E-state index < -0.39 is 16.0 Å². The second kappa shape index (κ2) is 24.6. The SMILES string of the molecule is CCCCCCCCCCCCCCCc1cccc(OCCCCNS(=O)(=O)c2ccc(Cl)c(NC(=CC(=O)OCC)CC)c2)c1. The molecule has 0 atom stereocenters. The molecule has 47 heavy (non-hydrogen) atoms. The summed E-state index contributed by atoms with van der Waals surface area (Å²) >= 11 is 6.31. The Kier molecular flexibility index (Phi) is 21.2. The van der Waals surface area contributed by atoms with E-state index in [0.717, 1.165) is 18.6 Å². The Hall–Kier alpha value is -2.55. The number of hydrogen-bond acceptors (Lipinski definition) is 6. The summed E-state index contributed by atoms with van der Waals surface area (Å²) in [5.74, 6) is 0.391. The number of sulfonamides is 1. The molecule has 2 aromatic carbocycles. The molecule has 0 aliphatic heterocycles. The predicted molar refractivity (Wildman–Crippen MR) is 196 cm³/mol. The molecule has 0 spiro atoms. The van der Waals surface area contributed by atoms with Gasteiger partial charge in [-0.3, -0.25) is 0 Å². The van der Waals surface area contributed by atoms with Crippen LogP contribution in [0.3, 0.4) is 0 Å². The van der Waals surface area contributed by atoms with Gasteiger partial charge in [-0.25, -0.2) is 17.9 Å². The minimum Gasteiger partial charge on any atom is -0.494 e. The first kappa shape index (κ1) is 40.6. The van der Waals surface area contributed by atoms with Crippen LogP contribution in [-0.2, 0) is 26.0 Å². The van der Waals surface area contributed by atoms with Gasteiger partial charge in [0.25, 0.3) is 0 Å². The zero-order valence-electron chi connectivity index (χ0n) is 29.1. The van der Waals surface area contributed by atoms with Gasteiger partial charge in [-0.15, -0.1) is 0 Å². The van der Waals surface area contributed by atoms with Gasteiger partial charge in [0.1, 0.15) is 5.75 Å². The number of aryl methyl sites for hydroxylation is 1. The topological polar surface area (TPSA) is 93.7 Å². The molecule has 0 radical (unpaired) electrons. The fourth-order valence-corrected chi connectivity index (χ4v) is 6.60. The lowest BCUT2D eigenvalue weighted by Gasteiger charge is -2.13. The third-order valence-electron chi connectivity index (χ3n) is 8.10. The van der Waals surface area contributed by atoms with Crippen molar-refractivity contribution in [2.24, 2.45) is 0 Å². The van der Waals surface area contributed by atoms with Crippen LogP contribution in [0.5, 0.6) is 5.75 Å². The van der Waals surface area contributed by atoms with Crippen LogP contribution in [-0.4, -0.2) is 34.1 Å². The van der Waals surface area contributed by atoms with Crippen LogP contribution in [0.15, 0.2) is 59.1 Å². The third-order valence-corrected chi connectivity index (χ3v) is 9.89. The van der Waals surface area contributed by atoms with Crippen molar-refractivity contribution in [3.63, 3.8) is 0 Å². The summed E-state index contributed by atoms with van der Waals surface area (Å²) in [5, 5.41) is 3.40. The Morgan fingerprint density at radius 2 is 1.47 bits per heavy atom. The van der Waals surface area contributed by atoms with E-state index in [1.165, 1.54) is 113 Å². The first-order chi connectivity index (χ1) is 22.8. The van der Waals surface area contributed by atoms with Crippen molar-refractivity contribution in [3.8, 4) is 5.75 Å². The Morgan fingerprint density at radius 1 is 0.809 bits per heavy atom. The highest BCUT2D eigenvalue weighted by Crippen LogP contribution is 2.27. The van der Waals surface area contributed by atoms with E-state index in [2.05, 4.69) is 29.1 Å². The van der Waals surface area contributed by atoms with Gasteiger partial charge in [0.15, 0.2) is 0 Å². The van der Waals surface area contributed by atoms with Gasteiger partial charge in [0.05, 0.1) is 28.8 Å². The van der Waals surface area contributed by atoms with Gasteiger partial charge in [-0.2, -0.15) is 0 Å². The maximum Gasteiger partial charge on any atom is 0.332 e. The molecular weight excluding hydrogens is 632 g/mol. The number of esters is 1.